The fourth-order valence-electron chi connectivity index (χ4n) is 7.82. The highest BCUT2D eigenvalue weighted by Crippen LogP contribution is 2.46. The molecular weight excluding hydrogens is 670 g/mol. The predicted molar refractivity (Wildman–Crippen MR) is 179 cm³/mol. The largest absolute Gasteiger partial charge is 0.497 e. The third kappa shape index (κ3) is 7.17. The maximum absolute atomic E-state index is 17.8. The van der Waals surface area contributed by atoms with E-state index in [9.17, 15) is 33.1 Å². The fourth-order valence-corrected chi connectivity index (χ4v) is 7.82. The van der Waals surface area contributed by atoms with E-state index < -0.39 is 47.0 Å². The Morgan fingerprint density at radius 1 is 1.02 bits per heavy atom. The molecule has 4 heterocycles. The standard InChI is InChI=1S/C37H39F4N5O5/c1-50-21-25-18-45(19-31(25)30-8-5-26(37(39,40)41)15-33(30)44-13-10-24(11-14-44)34(47)48)35(49)36(38)22-46(28-9-12-43-27(16-28)17-42)20-32(36)23-3-6-29(51-2)7-4-23/h3-9,12,15-16,24-25,31-32H,10-11,13-14,18-22H2,1-2H3,(H,47,48)/t25-,31+,32+,36+/m1/s1. The van der Waals surface area contributed by atoms with Crippen molar-refractivity contribution in [3.05, 3.63) is 83.2 Å². The molecule has 3 fully saturated rings. The minimum Gasteiger partial charge on any atom is -0.497 e. The van der Waals surface area contributed by atoms with Gasteiger partial charge in [0.25, 0.3) is 5.91 Å². The number of carboxylic acid groups (broad SMARTS) is 1. The molecule has 2 aromatic carbocycles. The Bertz CT molecular complexity index is 1790. The van der Waals surface area contributed by atoms with E-state index in [0.29, 0.717) is 28.3 Å². The average Bonchev–Trinajstić information content (AvgIpc) is 3.72. The summed E-state index contributed by atoms with van der Waals surface area (Å²) >= 11 is 0. The number of aromatic nitrogens is 1. The maximum atomic E-state index is 17.8. The first-order valence-electron chi connectivity index (χ1n) is 16.8. The van der Waals surface area contributed by atoms with E-state index in [1.807, 2.05) is 6.07 Å². The summed E-state index contributed by atoms with van der Waals surface area (Å²) in [6.07, 6.45) is -2.58. The van der Waals surface area contributed by atoms with Gasteiger partial charge < -0.3 is 29.3 Å². The van der Waals surface area contributed by atoms with Crippen molar-refractivity contribution in [1.82, 2.24) is 9.88 Å². The first kappa shape index (κ1) is 35.9. The molecular formula is C37H39F4N5O5. The molecule has 10 nitrogen and oxygen atoms in total. The van der Waals surface area contributed by atoms with Crippen LogP contribution in [0, 0.1) is 23.2 Å². The topological polar surface area (TPSA) is 119 Å². The van der Waals surface area contributed by atoms with E-state index >= 15 is 4.39 Å². The number of amides is 1. The molecule has 0 bridgehead atoms. The Balaban J connectivity index is 1.34. The van der Waals surface area contributed by atoms with Gasteiger partial charge in [0.15, 0.2) is 0 Å². The number of likely N-dealkylation sites (tertiary alicyclic amines) is 1. The number of carbonyl (C=O) groups excluding carboxylic acids is 1. The number of carboxylic acids is 1. The number of rotatable bonds is 9. The molecule has 1 aromatic heterocycles. The number of halogens is 4. The van der Waals surface area contributed by atoms with Gasteiger partial charge in [0.2, 0.25) is 5.67 Å². The van der Waals surface area contributed by atoms with Crippen LogP contribution in [0.3, 0.4) is 0 Å². The van der Waals surface area contributed by atoms with E-state index in [-0.39, 0.29) is 70.3 Å². The van der Waals surface area contributed by atoms with Gasteiger partial charge in [-0.1, -0.05) is 18.2 Å². The van der Waals surface area contributed by atoms with Crippen molar-refractivity contribution in [2.24, 2.45) is 11.8 Å². The lowest BCUT2D eigenvalue weighted by Gasteiger charge is -2.35. The summed E-state index contributed by atoms with van der Waals surface area (Å²) in [5.74, 6) is -3.42. The van der Waals surface area contributed by atoms with E-state index in [2.05, 4.69) is 4.98 Å². The lowest BCUT2D eigenvalue weighted by molar-refractivity contribution is -0.143. The Hall–Kier alpha value is -4.90. The predicted octanol–water partition coefficient (Wildman–Crippen LogP) is 5.48. The Morgan fingerprint density at radius 2 is 1.75 bits per heavy atom. The highest BCUT2D eigenvalue weighted by molar-refractivity contribution is 5.89. The summed E-state index contributed by atoms with van der Waals surface area (Å²) in [5.41, 5.74) is -1.05. The van der Waals surface area contributed by atoms with Gasteiger partial charge in [-0.25, -0.2) is 9.37 Å². The molecule has 3 aliphatic heterocycles. The zero-order chi connectivity index (χ0) is 36.5. The quantitative estimate of drug-likeness (QED) is 0.288. The van der Waals surface area contributed by atoms with Crippen LogP contribution in [0.2, 0.25) is 0 Å². The van der Waals surface area contributed by atoms with Crippen molar-refractivity contribution in [2.45, 2.75) is 36.5 Å². The van der Waals surface area contributed by atoms with Crippen molar-refractivity contribution >= 4 is 23.3 Å². The van der Waals surface area contributed by atoms with Crippen molar-refractivity contribution < 1.29 is 41.7 Å². The number of carbonyl (C=O) groups is 2. The summed E-state index contributed by atoms with van der Waals surface area (Å²) in [6.45, 7) is 0.696. The fraction of sp³-hybridized carbons (Fsp3) is 0.459. The van der Waals surface area contributed by atoms with Crippen LogP contribution < -0.4 is 14.5 Å². The van der Waals surface area contributed by atoms with E-state index in [0.717, 1.165) is 12.1 Å². The maximum Gasteiger partial charge on any atom is 0.416 e. The van der Waals surface area contributed by atoms with Crippen molar-refractivity contribution in [1.29, 1.82) is 5.26 Å². The summed E-state index contributed by atoms with van der Waals surface area (Å²) < 4.78 is 70.5. The van der Waals surface area contributed by atoms with E-state index in [1.54, 1.807) is 46.2 Å². The van der Waals surface area contributed by atoms with Gasteiger partial charge in [0, 0.05) is 75.2 Å². The second-order valence-electron chi connectivity index (χ2n) is 13.5. The highest BCUT2D eigenvalue weighted by Gasteiger charge is 2.57. The summed E-state index contributed by atoms with van der Waals surface area (Å²) in [6, 6.07) is 15.6. The summed E-state index contributed by atoms with van der Waals surface area (Å²) in [5, 5.41) is 18.9. The highest BCUT2D eigenvalue weighted by atomic mass is 19.4. The van der Waals surface area contributed by atoms with Gasteiger partial charge in [-0.2, -0.15) is 18.4 Å². The van der Waals surface area contributed by atoms with Gasteiger partial charge in [0.1, 0.15) is 17.5 Å². The number of methoxy groups -OCH3 is 2. The minimum absolute atomic E-state index is 0.0473. The number of benzene rings is 2. The van der Waals surface area contributed by atoms with Gasteiger partial charge in [-0.05, 0) is 60.4 Å². The van der Waals surface area contributed by atoms with E-state index in [1.165, 1.54) is 31.4 Å². The zero-order valence-electron chi connectivity index (χ0n) is 28.3. The van der Waals surface area contributed by atoms with Gasteiger partial charge in [-0.3, -0.25) is 9.59 Å². The Kier molecular flexibility index (Phi) is 10.1. The Morgan fingerprint density at radius 3 is 2.37 bits per heavy atom. The summed E-state index contributed by atoms with van der Waals surface area (Å²) in [4.78, 5) is 35.2. The monoisotopic (exact) mass is 709 g/mol. The number of hydrogen-bond donors (Lipinski definition) is 1. The first-order valence-corrected chi connectivity index (χ1v) is 16.8. The Labute approximate surface area is 293 Å². The van der Waals surface area contributed by atoms with Crippen LogP contribution in [0.15, 0.2) is 60.8 Å². The smallest absolute Gasteiger partial charge is 0.416 e. The number of ether oxygens (including phenoxy) is 2. The molecule has 0 spiro atoms. The lowest BCUT2D eigenvalue weighted by Crippen LogP contribution is -2.50. The molecule has 0 radical (unpaired) electrons. The van der Waals surface area contributed by atoms with Gasteiger partial charge >= 0.3 is 12.1 Å². The van der Waals surface area contributed by atoms with Gasteiger partial charge in [0.05, 0.1) is 31.7 Å². The molecule has 3 aliphatic rings. The first-order chi connectivity index (χ1) is 24.4. The van der Waals surface area contributed by atoms with Crippen LogP contribution in [0.4, 0.5) is 28.9 Å². The van der Waals surface area contributed by atoms with Crippen LogP contribution in [-0.4, -0.2) is 92.6 Å². The normalized spacial score (nSPS) is 24.1. The SMILES string of the molecule is COC[C@H]1CN(C(=O)[C@]2(F)CN(c3ccnc(C#N)c3)C[C@H]2c2ccc(OC)cc2)C[C@@H]1c1ccc(C(F)(F)F)cc1N1CCC(C(=O)O)CC1. The molecule has 1 N–H and O–H groups in total. The molecule has 3 saturated heterocycles. The number of nitrogens with zero attached hydrogens (tertiary/aromatic N) is 5. The van der Waals surface area contributed by atoms with Crippen LogP contribution in [-0.2, 0) is 20.5 Å². The summed E-state index contributed by atoms with van der Waals surface area (Å²) in [7, 11) is 3.02. The van der Waals surface area contributed by atoms with Crippen molar-refractivity contribution in [2.75, 3.05) is 69.9 Å². The van der Waals surface area contributed by atoms with Crippen LogP contribution in [0.5, 0.6) is 5.75 Å². The van der Waals surface area contributed by atoms with Crippen LogP contribution in [0.1, 0.15) is 47.1 Å². The molecule has 0 saturated carbocycles. The van der Waals surface area contributed by atoms with Crippen molar-refractivity contribution in [3.63, 3.8) is 0 Å². The second kappa shape index (κ2) is 14.4. The molecule has 51 heavy (non-hydrogen) atoms. The number of piperidine rings is 1. The van der Waals surface area contributed by atoms with E-state index in [4.69, 9.17) is 9.47 Å². The van der Waals surface area contributed by atoms with Crippen molar-refractivity contribution in [3.8, 4) is 11.8 Å². The van der Waals surface area contributed by atoms with Crippen LogP contribution >= 0.6 is 0 Å². The van der Waals surface area contributed by atoms with Gasteiger partial charge in [-0.15, -0.1) is 0 Å². The second-order valence-corrected chi connectivity index (χ2v) is 13.5. The zero-order valence-corrected chi connectivity index (χ0v) is 28.3. The number of hydrogen-bond acceptors (Lipinski definition) is 8. The molecule has 14 heteroatoms. The number of pyridine rings is 1. The number of alkyl halides is 4. The number of anilines is 2. The number of aliphatic carboxylic acids is 1. The third-order valence-electron chi connectivity index (χ3n) is 10.5. The molecule has 270 valence electrons. The minimum atomic E-state index is -4.61. The average molecular weight is 710 g/mol. The molecule has 1 amide bonds. The molecule has 0 unspecified atom stereocenters. The van der Waals surface area contributed by atoms with Crippen LogP contribution in [0.25, 0.3) is 0 Å². The molecule has 4 atom stereocenters. The third-order valence-corrected chi connectivity index (χ3v) is 10.5. The molecule has 0 aliphatic carbocycles. The lowest BCUT2D eigenvalue weighted by atomic mass is 9.85. The molecule has 3 aromatic rings. The number of nitriles is 1. The molecule has 6 rings (SSSR count).